The van der Waals surface area contributed by atoms with E-state index in [1.807, 2.05) is 6.92 Å². The number of hydrogen-bond donors (Lipinski definition) is 1. The number of rotatable bonds is 4. The lowest BCUT2D eigenvalue weighted by atomic mass is 10.2. The summed E-state index contributed by atoms with van der Waals surface area (Å²) in [5.41, 5.74) is 0.880. The Morgan fingerprint density at radius 2 is 2.09 bits per heavy atom. The Morgan fingerprint density at radius 3 is 2.74 bits per heavy atom. The number of aryl methyl sites for hydroxylation is 1. The molecule has 1 aliphatic rings. The molecule has 23 heavy (non-hydrogen) atoms. The molecular weight excluding hydrogens is 316 g/mol. The van der Waals surface area contributed by atoms with Crippen molar-refractivity contribution in [3.05, 3.63) is 16.8 Å². The second kappa shape index (κ2) is 6.77. The first kappa shape index (κ1) is 16.1. The number of anilines is 1. The van der Waals surface area contributed by atoms with Crippen LogP contribution in [-0.4, -0.2) is 72.4 Å². The molecule has 2 aromatic rings. The highest BCUT2D eigenvalue weighted by Gasteiger charge is 2.24. The van der Waals surface area contributed by atoms with Crippen LogP contribution in [0.4, 0.5) is 5.82 Å². The third-order valence-corrected chi connectivity index (χ3v) is 5.35. The second-order valence-corrected chi connectivity index (χ2v) is 6.48. The van der Waals surface area contributed by atoms with Crippen LogP contribution in [0.2, 0.25) is 0 Å². The maximum Gasteiger partial charge on any atom is 0.348 e. The summed E-state index contributed by atoms with van der Waals surface area (Å²) in [6.45, 7) is 6.27. The van der Waals surface area contributed by atoms with Gasteiger partial charge in [0.15, 0.2) is 0 Å². The largest absolute Gasteiger partial charge is 0.465 e. The Labute approximate surface area is 138 Å². The molecule has 0 bridgehead atoms. The number of aromatic nitrogens is 2. The van der Waals surface area contributed by atoms with Crippen LogP contribution < -0.4 is 4.90 Å². The zero-order valence-corrected chi connectivity index (χ0v) is 14.1. The van der Waals surface area contributed by atoms with Gasteiger partial charge in [0.1, 0.15) is 21.9 Å². The van der Waals surface area contributed by atoms with Gasteiger partial charge in [0.05, 0.1) is 19.1 Å². The number of hydrogen-bond acceptors (Lipinski definition) is 8. The molecule has 1 N–H and O–H groups in total. The lowest BCUT2D eigenvalue weighted by Crippen LogP contribution is -2.47. The van der Waals surface area contributed by atoms with Crippen LogP contribution in [0.5, 0.6) is 0 Å². The van der Waals surface area contributed by atoms with Gasteiger partial charge in [-0.1, -0.05) is 0 Å². The molecule has 2 aromatic heterocycles. The van der Waals surface area contributed by atoms with Crippen LogP contribution in [0.25, 0.3) is 10.2 Å². The zero-order chi connectivity index (χ0) is 16.4. The third kappa shape index (κ3) is 3.01. The van der Waals surface area contributed by atoms with Crippen LogP contribution >= 0.6 is 11.3 Å². The topological polar surface area (TPSA) is 78.8 Å². The van der Waals surface area contributed by atoms with Crippen molar-refractivity contribution in [1.29, 1.82) is 0 Å². The summed E-state index contributed by atoms with van der Waals surface area (Å²) in [4.78, 5) is 26.5. The predicted octanol–water partition coefficient (Wildman–Crippen LogP) is 0.901. The first-order valence-electron chi connectivity index (χ1n) is 7.56. The minimum absolute atomic E-state index is 0.184. The molecule has 7 nitrogen and oxygen atoms in total. The molecule has 3 rings (SSSR count). The molecule has 0 amide bonds. The highest BCUT2D eigenvalue weighted by Crippen LogP contribution is 2.35. The second-order valence-electron chi connectivity index (χ2n) is 5.48. The number of methoxy groups -OCH3 is 1. The van der Waals surface area contributed by atoms with Gasteiger partial charge in [-0.15, -0.1) is 11.3 Å². The maximum absolute atomic E-state index is 11.9. The summed E-state index contributed by atoms with van der Waals surface area (Å²) in [5, 5.41) is 9.98. The Bertz CT molecular complexity index is 710. The fourth-order valence-corrected chi connectivity index (χ4v) is 3.97. The van der Waals surface area contributed by atoms with E-state index in [-0.39, 0.29) is 12.6 Å². The molecule has 0 unspecified atom stereocenters. The summed E-state index contributed by atoms with van der Waals surface area (Å²) in [7, 11) is 1.39. The third-order valence-electron chi connectivity index (χ3n) is 4.17. The van der Waals surface area contributed by atoms with Gasteiger partial charge in [-0.2, -0.15) is 0 Å². The highest BCUT2D eigenvalue weighted by molar-refractivity contribution is 7.20. The molecule has 0 aliphatic carbocycles. The van der Waals surface area contributed by atoms with Gasteiger partial charge in [0.25, 0.3) is 0 Å². The number of nitrogens with zero attached hydrogens (tertiary/aromatic N) is 4. The van der Waals surface area contributed by atoms with Crippen molar-refractivity contribution >= 4 is 33.3 Å². The maximum atomic E-state index is 11.9. The molecule has 0 spiro atoms. The normalized spacial score (nSPS) is 16.0. The van der Waals surface area contributed by atoms with Crippen LogP contribution in [0, 0.1) is 6.92 Å². The van der Waals surface area contributed by atoms with Crippen LogP contribution in [0.3, 0.4) is 0 Å². The monoisotopic (exact) mass is 336 g/mol. The van der Waals surface area contributed by atoms with Gasteiger partial charge in [0, 0.05) is 32.7 Å². The van der Waals surface area contributed by atoms with E-state index in [1.165, 1.54) is 18.4 Å². The fraction of sp³-hybridized carbons (Fsp3) is 0.533. The van der Waals surface area contributed by atoms with E-state index in [9.17, 15) is 4.79 Å². The van der Waals surface area contributed by atoms with Gasteiger partial charge >= 0.3 is 5.97 Å². The summed E-state index contributed by atoms with van der Waals surface area (Å²) in [6, 6.07) is 0. The van der Waals surface area contributed by atoms with Crippen molar-refractivity contribution in [3.8, 4) is 0 Å². The average Bonchev–Trinajstić information content (AvgIpc) is 2.92. The summed E-state index contributed by atoms with van der Waals surface area (Å²) in [6.07, 6.45) is 1.55. The highest BCUT2D eigenvalue weighted by atomic mass is 32.1. The number of aliphatic hydroxyl groups excluding tert-OH is 1. The molecule has 3 heterocycles. The van der Waals surface area contributed by atoms with Crippen molar-refractivity contribution in [2.45, 2.75) is 6.92 Å². The van der Waals surface area contributed by atoms with Crippen molar-refractivity contribution in [3.63, 3.8) is 0 Å². The number of β-amino-alcohol motifs (C(OH)–C–C–N with tert-alkyl or cyclic N) is 1. The minimum atomic E-state index is -0.329. The van der Waals surface area contributed by atoms with E-state index in [4.69, 9.17) is 9.84 Å². The first-order valence-corrected chi connectivity index (χ1v) is 8.38. The summed E-state index contributed by atoms with van der Waals surface area (Å²) in [5.74, 6) is 0.548. The Balaban J connectivity index is 1.93. The lowest BCUT2D eigenvalue weighted by Gasteiger charge is -2.35. The number of esters is 1. The molecule has 0 atom stereocenters. The molecule has 8 heteroatoms. The van der Waals surface area contributed by atoms with Gasteiger partial charge in [-0.3, -0.25) is 4.90 Å². The minimum Gasteiger partial charge on any atom is -0.465 e. The van der Waals surface area contributed by atoms with Gasteiger partial charge in [-0.25, -0.2) is 14.8 Å². The van der Waals surface area contributed by atoms with E-state index in [1.54, 1.807) is 6.33 Å². The quantitative estimate of drug-likeness (QED) is 0.831. The van der Waals surface area contributed by atoms with E-state index in [2.05, 4.69) is 19.8 Å². The van der Waals surface area contributed by atoms with Crippen molar-refractivity contribution in [1.82, 2.24) is 14.9 Å². The van der Waals surface area contributed by atoms with E-state index in [0.29, 0.717) is 11.4 Å². The zero-order valence-electron chi connectivity index (χ0n) is 13.3. The lowest BCUT2D eigenvalue weighted by molar-refractivity contribution is 0.0605. The van der Waals surface area contributed by atoms with Gasteiger partial charge < -0.3 is 14.7 Å². The van der Waals surface area contributed by atoms with Crippen molar-refractivity contribution in [2.75, 3.05) is 51.3 Å². The number of aliphatic hydroxyl groups is 1. The van der Waals surface area contributed by atoms with Crippen LogP contribution in [-0.2, 0) is 4.74 Å². The smallest absolute Gasteiger partial charge is 0.348 e. The van der Waals surface area contributed by atoms with Crippen molar-refractivity contribution in [2.24, 2.45) is 0 Å². The summed E-state index contributed by atoms with van der Waals surface area (Å²) < 4.78 is 4.85. The molecule has 1 fully saturated rings. The molecule has 0 radical (unpaired) electrons. The molecule has 1 saturated heterocycles. The molecular formula is C15H20N4O3S. The number of thiophene rings is 1. The molecule has 1 aliphatic heterocycles. The number of carbonyl (C=O) groups is 1. The summed E-state index contributed by atoms with van der Waals surface area (Å²) >= 11 is 1.35. The van der Waals surface area contributed by atoms with Crippen LogP contribution in [0.15, 0.2) is 6.33 Å². The SMILES string of the molecule is COC(=O)c1sc2ncnc(N3CCN(CCO)CC3)c2c1C. The predicted molar refractivity (Wildman–Crippen MR) is 89.2 cm³/mol. The first-order chi connectivity index (χ1) is 11.2. The number of piperazine rings is 1. The van der Waals surface area contributed by atoms with Crippen LogP contribution in [0.1, 0.15) is 15.2 Å². The number of fused-ring (bicyclic) bond motifs is 1. The van der Waals surface area contributed by atoms with E-state index >= 15 is 0 Å². The van der Waals surface area contributed by atoms with E-state index in [0.717, 1.165) is 47.8 Å². The Hall–Kier alpha value is -1.77. The van der Waals surface area contributed by atoms with Gasteiger partial charge in [-0.05, 0) is 12.5 Å². The Kier molecular flexibility index (Phi) is 4.74. The van der Waals surface area contributed by atoms with Crippen molar-refractivity contribution < 1.29 is 14.6 Å². The number of carbonyl (C=O) groups excluding carboxylic acids is 1. The molecule has 0 aromatic carbocycles. The fourth-order valence-electron chi connectivity index (χ4n) is 2.90. The Morgan fingerprint density at radius 1 is 1.35 bits per heavy atom. The molecule has 0 saturated carbocycles. The van der Waals surface area contributed by atoms with Gasteiger partial charge in [0.2, 0.25) is 0 Å². The number of ether oxygens (including phenoxy) is 1. The standard InChI is InChI=1S/C15H20N4O3S/c1-10-11-13(19-5-3-18(4-6-19)7-8-20)16-9-17-14(11)23-12(10)15(21)22-2/h9,20H,3-8H2,1-2H3. The van der Waals surface area contributed by atoms with E-state index < -0.39 is 0 Å². The molecule has 124 valence electrons. The average molecular weight is 336 g/mol.